The van der Waals surface area contributed by atoms with Gasteiger partial charge in [-0.25, -0.2) is 0 Å². The summed E-state index contributed by atoms with van der Waals surface area (Å²) in [4.78, 5) is 37.6. The first-order valence-corrected chi connectivity index (χ1v) is 5.16. The van der Waals surface area contributed by atoms with Crippen LogP contribution in [0.2, 0.25) is 0 Å². The van der Waals surface area contributed by atoms with Gasteiger partial charge in [-0.15, -0.1) is 0 Å². The van der Waals surface area contributed by atoms with Crippen molar-refractivity contribution in [3.05, 3.63) is 33.7 Å². The number of pyridine rings is 1. The van der Waals surface area contributed by atoms with E-state index in [1.54, 1.807) is 19.9 Å². The van der Waals surface area contributed by atoms with Gasteiger partial charge in [-0.05, 0) is 26.0 Å². The standard InChI is InChI=1S/C11H14N2O4/c1-3-13(6-9(14)15)11(17)8-5-4-7(2)12-10(8)16/h4-5H,3,6H2,1-2H3,(H,12,16)(H,14,15). The van der Waals surface area contributed by atoms with E-state index in [0.29, 0.717) is 5.69 Å². The first-order chi connectivity index (χ1) is 7.95. The van der Waals surface area contributed by atoms with E-state index in [1.807, 2.05) is 0 Å². The van der Waals surface area contributed by atoms with Crippen LogP contribution in [0.3, 0.4) is 0 Å². The Bertz CT molecular complexity index is 492. The molecule has 0 unspecified atom stereocenters. The van der Waals surface area contributed by atoms with Crippen molar-refractivity contribution in [1.29, 1.82) is 0 Å². The molecule has 0 saturated carbocycles. The van der Waals surface area contributed by atoms with E-state index in [9.17, 15) is 14.4 Å². The van der Waals surface area contributed by atoms with Gasteiger partial charge in [0.05, 0.1) is 0 Å². The highest BCUT2D eigenvalue weighted by Gasteiger charge is 2.19. The van der Waals surface area contributed by atoms with Crippen LogP contribution < -0.4 is 5.56 Å². The van der Waals surface area contributed by atoms with Crippen LogP contribution >= 0.6 is 0 Å². The van der Waals surface area contributed by atoms with E-state index in [0.717, 1.165) is 4.90 Å². The Morgan fingerprint density at radius 1 is 1.41 bits per heavy atom. The van der Waals surface area contributed by atoms with Crippen molar-refractivity contribution in [2.75, 3.05) is 13.1 Å². The lowest BCUT2D eigenvalue weighted by molar-refractivity contribution is -0.137. The molecule has 1 aromatic rings. The second-order valence-electron chi connectivity index (χ2n) is 3.60. The molecule has 0 atom stereocenters. The van der Waals surface area contributed by atoms with Gasteiger partial charge in [0.2, 0.25) is 0 Å². The second-order valence-corrected chi connectivity index (χ2v) is 3.60. The molecule has 0 fully saturated rings. The average Bonchev–Trinajstić information content (AvgIpc) is 2.24. The van der Waals surface area contributed by atoms with Crippen LogP contribution in [-0.4, -0.2) is 40.0 Å². The number of hydrogen-bond acceptors (Lipinski definition) is 3. The van der Waals surface area contributed by atoms with Gasteiger partial charge in [-0.3, -0.25) is 14.4 Å². The maximum atomic E-state index is 11.9. The number of carboxylic acids is 1. The van der Waals surface area contributed by atoms with Crippen LogP contribution in [0, 0.1) is 6.92 Å². The van der Waals surface area contributed by atoms with Crippen LogP contribution in [0.1, 0.15) is 23.0 Å². The van der Waals surface area contributed by atoms with E-state index in [1.165, 1.54) is 6.07 Å². The molecule has 0 bridgehead atoms. The summed E-state index contributed by atoms with van der Waals surface area (Å²) >= 11 is 0. The van der Waals surface area contributed by atoms with Crippen molar-refractivity contribution in [3.8, 4) is 0 Å². The average molecular weight is 238 g/mol. The van der Waals surface area contributed by atoms with Crippen LogP contribution in [0.25, 0.3) is 0 Å². The maximum Gasteiger partial charge on any atom is 0.323 e. The molecule has 0 aliphatic carbocycles. The fraction of sp³-hybridized carbons (Fsp3) is 0.364. The lowest BCUT2D eigenvalue weighted by Crippen LogP contribution is -2.38. The van der Waals surface area contributed by atoms with Crippen LogP contribution in [0.5, 0.6) is 0 Å². The summed E-state index contributed by atoms with van der Waals surface area (Å²) in [5.74, 6) is -1.68. The third-order valence-electron chi connectivity index (χ3n) is 2.28. The number of likely N-dealkylation sites (N-methyl/N-ethyl adjacent to an activating group) is 1. The fourth-order valence-electron chi connectivity index (χ4n) is 1.40. The number of rotatable bonds is 4. The zero-order valence-electron chi connectivity index (χ0n) is 9.69. The molecule has 1 amide bonds. The minimum absolute atomic E-state index is 0.0429. The van der Waals surface area contributed by atoms with Gasteiger partial charge in [0, 0.05) is 12.2 Å². The quantitative estimate of drug-likeness (QED) is 0.785. The van der Waals surface area contributed by atoms with E-state index >= 15 is 0 Å². The van der Waals surface area contributed by atoms with Crippen molar-refractivity contribution in [2.45, 2.75) is 13.8 Å². The van der Waals surface area contributed by atoms with E-state index in [-0.39, 0.29) is 12.1 Å². The van der Waals surface area contributed by atoms with Gasteiger partial charge in [0.1, 0.15) is 12.1 Å². The largest absolute Gasteiger partial charge is 0.480 e. The van der Waals surface area contributed by atoms with Gasteiger partial charge in [-0.2, -0.15) is 0 Å². The second kappa shape index (κ2) is 5.29. The third-order valence-corrected chi connectivity index (χ3v) is 2.28. The Kier molecular flexibility index (Phi) is 4.03. The minimum atomic E-state index is -1.11. The highest BCUT2D eigenvalue weighted by Crippen LogP contribution is 2.00. The van der Waals surface area contributed by atoms with E-state index < -0.39 is 24.0 Å². The molecule has 0 aliphatic rings. The first kappa shape index (κ1) is 13.0. The van der Waals surface area contributed by atoms with Crippen molar-refractivity contribution in [3.63, 3.8) is 0 Å². The molecule has 1 aromatic heterocycles. The predicted octanol–water partition coefficient (Wildman–Crippen LogP) is 0.230. The zero-order valence-corrected chi connectivity index (χ0v) is 9.69. The molecule has 92 valence electrons. The molecule has 2 N–H and O–H groups in total. The Morgan fingerprint density at radius 2 is 2.06 bits per heavy atom. The number of hydrogen-bond donors (Lipinski definition) is 2. The van der Waals surface area contributed by atoms with Crippen molar-refractivity contribution in [1.82, 2.24) is 9.88 Å². The van der Waals surface area contributed by atoms with Crippen LogP contribution in [0.4, 0.5) is 0 Å². The highest BCUT2D eigenvalue weighted by atomic mass is 16.4. The third kappa shape index (κ3) is 3.17. The number of carbonyl (C=O) groups excluding carboxylic acids is 1. The summed E-state index contributed by atoms with van der Waals surface area (Å²) in [5, 5.41) is 8.64. The summed E-state index contributed by atoms with van der Waals surface area (Å²) in [6.07, 6.45) is 0. The van der Waals surface area contributed by atoms with E-state index in [2.05, 4.69) is 4.98 Å². The summed E-state index contributed by atoms with van der Waals surface area (Å²) in [6.45, 7) is 3.18. The van der Waals surface area contributed by atoms with Crippen LogP contribution in [-0.2, 0) is 4.79 Å². The molecule has 0 saturated heterocycles. The summed E-state index contributed by atoms with van der Waals surface area (Å²) < 4.78 is 0. The molecule has 6 heteroatoms. The smallest absolute Gasteiger partial charge is 0.323 e. The van der Waals surface area contributed by atoms with Crippen molar-refractivity contribution in [2.24, 2.45) is 0 Å². The number of H-pyrrole nitrogens is 1. The molecular formula is C11H14N2O4. The topological polar surface area (TPSA) is 90.5 Å². The summed E-state index contributed by atoms with van der Waals surface area (Å²) in [5.41, 5.74) is 0.102. The Morgan fingerprint density at radius 3 is 2.53 bits per heavy atom. The van der Waals surface area contributed by atoms with Gasteiger partial charge in [0.15, 0.2) is 0 Å². The van der Waals surface area contributed by atoms with Gasteiger partial charge in [-0.1, -0.05) is 0 Å². The summed E-state index contributed by atoms with van der Waals surface area (Å²) in [7, 11) is 0. The van der Waals surface area contributed by atoms with Gasteiger partial charge in [0.25, 0.3) is 11.5 Å². The lowest BCUT2D eigenvalue weighted by Gasteiger charge is -2.17. The lowest BCUT2D eigenvalue weighted by atomic mass is 10.2. The number of aliphatic carboxylic acids is 1. The number of aryl methyl sites for hydroxylation is 1. The molecule has 1 heterocycles. The Labute approximate surface area is 97.9 Å². The molecule has 0 radical (unpaired) electrons. The monoisotopic (exact) mass is 238 g/mol. The number of amides is 1. The summed E-state index contributed by atoms with van der Waals surface area (Å²) in [6, 6.07) is 3.00. The number of carbonyl (C=O) groups is 2. The van der Waals surface area contributed by atoms with Gasteiger partial charge >= 0.3 is 5.97 Å². The maximum absolute atomic E-state index is 11.9. The predicted molar refractivity (Wildman–Crippen MR) is 61.0 cm³/mol. The molecule has 1 rings (SSSR count). The highest BCUT2D eigenvalue weighted by molar-refractivity contribution is 5.95. The number of nitrogens with zero attached hydrogens (tertiary/aromatic N) is 1. The van der Waals surface area contributed by atoms with E-state index in [4.69, 9.17) is 5.11 Å². The first-order valence-electron chi connectivity index (χ1n) is 5.16. The SMILES string of the molecule is CCN(CC(=O)O)C(=O)c1ccc(C)[nH]c1=O. The molecule has 0 aliphatic heterocycles. The molecule has 0 aromatic carbocycles. The molecule has 0 spiro atoms. The zero-order chi connectivity index (χ0) is 13.0. The number of aromatic nitrogens is 1. The van der Waals surface area contributed by atoms with Crippen LogP contribution in [0.15, 0.2) is 16.9 Å². The Hall–Kier alpha value is -2.11. The van der Waals surface area contributed by atoms with Gasteiger partial charge < -0.3 is 15.0 Å². The number of nitrogens with one attached hydrogen (secondary N) is 1. The molecule has 6 nitrogen and oxygen atoms in total. The Balaban J connectivity index is 3.02. The van der Waals surface area contributed by atoms with Crippen molar-refractivity contribution >= 4 is 11.9 Å². The number of aromatic amines is 1. The fourth-order valence-corrected chi connectivity index (χ4v) is 1.40. The van der Waals surface area contributed by atoms with Crippen molar-refractivity contribution < 1.29 is 14.7 Å². The normalized spacial score (nSPS) is 10.0. The molecule has 17 heavy (non-hydrogen) atoms. The number of carboxylic acid groups (broad SMARTS) is 1. The minimum Gasteiger partial charge on any atom is -0.480 e. The molecular weight excluding hydrogens is 224 g/mol.